The molecule has 0 spiro atoms. The van der Waals surface area contributed by atoms with E-state index in [1.54, 1.807) is 0 Å². The van der Waals surface area contributed by atoms with Gasteiger partial charge < -0.3 is 0 Å². The van der Waals surface area contributed by atoms with Crippen molar-refractivity contribution in [1.82, 2.24) is 4.72 Å². The number of hydrogen-bond acceptors (Lipinski definition) is 5. The molecule has 0 bridgehead atoms. The lowest BCUT2D eigenvalue weighted by Crippen LogP contribution is -2.29. The molecular formula is C11H15N3O4S2. The van der Waals surface area contributed by atoms with Gasteiger partial charge in [0, 0.05) is 18.7 Å². The molecule has 0 amide bonds. The Bertz CT molecular complexity index is 739. The predicted octanol–water partition coefficient (Wildman–Crippen LogP) is 0.529. The zero-order valence-corrected chi connectivity index (χ0v) is 12.5. The lowest BCUT2D eigenvalue weighted by Gasteiger charge is -2.09. The van der Waals surface area contributed by atoms with Crippen molar-refractivity contribution in [2.75, 3.05) is 17.5 Å². The van der Waals surface area contributed by atoms with Crippen LogP contribution in [0.3, 0.4) is 0 Å². The van der Waals surface area contributed by atoms with Crippen molar-refractivity contribution in [3.05, 3.63) is 24.3 Å². The number of nitrogens with zero attached hydrogens (tertiary/aromatic N) is 1. The molecule has 1 aromatic carbocycles. The van der Waals surface area contributed by atoms with Crippen LogP contribution in [-0.2, 0) is 20.0 Å². The highest BCUT2D eigenvalue weighted by Crippen LogP contribution is 2.17. The van der Waals surface area contributed by atoms with E-state index in [0.29, 0.717) is 18.8 Å². The van der Waals surface area contributed by atoms with Crippen LogP contribution < -0.4 is 9.44 Å². The van der Waals surface area contributed by atoms with Crippen molar-refractivity contribution in [2.45, 2.75) is 17.7 Å². The molecule has 0 radical (unpaired) electrons. The minimum absolute atomic E-state index is 0.0132. The summed E-state index contributed by atoms with van der Waals surface area (Å²) in [5, 5.41) is 0. The standard InChI is InChI=1S/C11H15N3O4S2/c1-19(15,16)13-9-4-2-5-10(8-9)20(17,18)14-11-6-3-7-12-11/h2,4-5,8,13H,3,6-7H2,1H3,(H,12,14). The van der Waals surface area contributed by atoms with Gasteiger partial charge in [-0.3, -0.25) is 14.4 Å². The molecule has 0 saturated carbocycles. The molecule has 2 N–H and O–H groups in total. The summed E-state index contributed by atoms with van der Waals surface area (Å²) in [6.07, 6.45) is 2.42. The highest BCUT2D eigenvalue weighted by atomic mass is 32.2. The average molecular weight is 317 g/mol. The first-order valence-electron chi connectivity index (χ1n) is 5.90. The summed E-state index contributed by atoms with van der Waals surface area (Å²) in [6, 6.07) is 5.61. The number of aliphatic imine (C=N–C) groups is 1. The number of amidine groups is 1. The van der Waals surface area contributed by atoms with Crippen LogP contribution in [0.5, 0.6) is 0 Å². The fourth-order valence-corrected chi connectivity index (χ4v) is 3.47. The molecule has 1 heterocycles. The molecule has 1 aromatic rings. The topological polar surface area (TPSA) is 105 Å². The van der Waals surface area contributed by atoms with Gasteiger partial charge in [0.25, 0.3) is 10.0 Å². The molecule has 0 atom stereocenters. The zero-order chi connectivity index (χ0) is 14.8. The molecule has 0 aliphatic carbocycles. The normalized spacial score (nSPS) is 15.8. The van der Waals surface area contributed by atoms with Gasteiger partial charge in [-0.25, -0.2) is 16.8 Å². The minimum Gasteiger partial charge on any atom is -0.284 e. The molecular weight excluding hydrogens is 302 g/mol. The average Bonchev–Trinajstić information content (AvgIpc) is 2.79. The van der Waals surface area contributed by atoms with Crippen LogP contribution in [0.4, 0.5) is 5.69 Å². The molecule has 2 rings (SSSR count). The van der Waals surface area contributed by atoms with Gasteiger partial charge in [-0.2, -0.15) is 0 Å². The van der Waals surface area contributed by atoms with Gasteiger partial charge in [0.1, 0.15) is 5.84 Å². The van der Waals surface area contributed by atoms with E-state index in [1.807, 2.05) is 0 Å². The summed E-state index contributed by atoms with van der Waals surface area (Å²) in [4.78, 5) is 4.03. The molecule has 0 aromatic heterocycles. The smallest absolute Gasteiger partial charge is 0.262 e. The van der Waals surface area contributed by atoms with Crippen LogP contribution in [0.1, 0.15) is 12.8 Å². The van der Waals surface area contributed by atoms with Crippen LogP contribution >= 0.6 is 0 Å². The first kappa shape index (κ1) is 14.8. The van der Waals surface area contributed by atoms with E-state index >= 15 is 0 Å². The van der Waals surface area contributed by atoms with E-state index in [0.717, 1.165) is 12.7 Å². The molecule has 0 saturated heterocycles. The second kappa shape index (κ2) is 5.41. The molecule has 9 heteroatoms. The number of sulfonamides is 2. The predicted molar refractivity (Wildman–Crippen MR) is 76.8 cm³/mol. The van der Waals surface area contributed by atoms with Crippen LogP contribution in [0, 0.1) is 0 Å². The molecule has 0 fully saturated rings. The Morgan fingerprint density at radius 2 is 1.90 bits per heavy atom. The van der Waals surface area contributed by atoms with Crippen LogP contribution in [0.25, 0.3) is 0 Å². The maximum absolute atomic E-state index is 12.1. The van der Waals surface area contributed by atoms with Crippen molar-refractivity contribution in [3.63, 3.8) is 0 Å². The number of benzene rings is 1. The Labute approximate surface area is 118 Å². The van der Waals surface area contributed by atoms with Crippen molar-refractivity contribution in [2.24, 2.45) is 4.99 Å². The van der Waals surface area contributed by atoms with Crippen molar-refractivity contribution in [3.8, 4) is 0 Å². The van der Waals surface area contributed by atoms with Gasteiger partial charge in [0.15, 0.2) is 0 Å². The summed E-state index contributed by atoms with van der Waals surface area (Å²) in [7, 11) is -7.19. The van der Waals surface area contributed by atoms with Gasteiger partial charge >= 0.3 is 0 Å². The zero-order valence-electron chi connectivity index (χ0n) is 10.8. The summed E-state index contributed by atoms with van der Waals surface area (Å²) in [5.41, 5.74) is 0.198. The first-order chi connectivity index (χ1) is 9.26. The quantitative estimate of drug-likeness (QED) is 0.845. The monoisotopic (exact) mass is 317 g/mol. The van der Waals surface area contributed by atoms with Gasteiger partial charge in [-0.05, 0) is 24.6 Å². The summed E-state index contributed by atoms with van der Waals surface area (Å²) < 4.78 is 51.2. The molecule has 7 nitrogen and oxygen atoms in total. The van der Waals surface area contributed by atoms with E-state index in [4.69, 9.17) is 0 Å². The van der Waals surface area contributed by atoms with Crippen LogP contribution in [-0.4, -0.2) is 35.5 Å². The maximum atomic E-state index is 12.1. The Morgan fingerprint density at radius 3 is 2.50 bits per heavy atom. The second-order valence-electron chi connectivity index (χ2n) is 4.44. The summed E-state index contributed by atoms with van der Waals surface area (Å²) >= 11 is 0. The highest BCUT2D eigenvalue weighted by Gasteiger charge is 2.18. The van der Waals surface area contributed by atoms with E-state index in [9.17, 15) is 16.8 Å². The molecule has 0 unspecified atom stereocenters. The fraction of sp³-hybridized carbons (Fsp3) is 0.364. The Kier molecular flexibility index (Phi) is 4.00. The van der Waals surface area contributed by atoms with Crippen LogP contribution in [0.2, 0.25) is 0 Å². The lowest BCUT2D eigenvalue weighted by atomic mass is 10.3. The number of hydrogen-bond donors (Lipinski definition) is 2. The van der Waals surface area contributed by atoms with E-state index in [2.05, 4.69) is 14.4 Å². The van der Waals surface area contributed by atoms with Gasteiger partial charge in [0.05, 0.1) is 11.2 Å². The molecule has 110 valence electrons. The third-order valence-electron chi connectivity index (χ3n) is 2.57. The van der Waals surface area contributed by atoms with E-state index in [-0.39, 0.29) is 10.6 Å². The molecule has 1 aliphatic rings. The van der Waals surface area contributed by atoms with Gasteiger partial charge in [0.2, 0.25) is 10.0 Å². The molecule has 20 heavy (non-hydrogen) atoms. The SMILES string of the molecule is CS(=O)(=O)Nc1cccc(S(=O)(=O)NC2=NCCC2)c1. The fourth-order valence-electron chi connectivity index (χ4n) is 1.78. The first-order valence-corrected chi connectivity index (χ1v) is 9.28. The van der Waals surface area contributed by atoms with Gasteiger partial charge in [-0.15, -0.1) is 0 Å². The van der Waals surface area contributed by atoms with Crippen molar-refractivity contribution in [1.29, 1.82) is 0 Å². The van der Waals surface area contributed by atoms with E-state index in [1.165, 1.54) is 24.3 Å². The second-order valence-corrected chi connectivity index (χ2v) is 7.87. The molecule has 1 aliphatic heterocycles. The van der Waals surface area contributed by atoms with Crippen LogP contribution in [0.15, 0.2) is 34.2 Å². The lowest BCUT2D eigenvalue weighted by molar-refractivity contribution is 0.592. The minimum atomic E-state index is -3.74. The van der Waals surface area contributed by atoms with E-state index < -0.39 is 20.0 Å². The Balaban J connectivity index is 2.25. The largest absolute Gasteiger partial charge is 0.284 e. The number of rotatable bonds is 4. The number of anilines is 1. The summed E-state index contributed by atoms with van der Waals surface area (Å²) in [5.74, 6) is 0.437. The van der Waals surface area contributed by atoms with Crippen molar-refractivity contribution >= 4 is 31.6 Å². The summed E-state index contributed by atoms with van der Waals surface area (Å²) in [6.45, 7) is 0.619. The third-order valence-corrected chi connectivity index (χ3v) is 4.56. The number of nitrogens with one attached hydrogen (secondary N) is 2. The highest BCUT2D eigenvalue weighted by molar-refractivity contribution is 7.92. The van der Waals surface area contributed by atoms with Crippen molar-refractivity contribution < 1.29 is 16.8 Å². The third kappa shape index (κ3) is 3.94. The van der Waals surface area contributed by atoms with Gasteiger partial charge in [-0.1, -0.05) is 6.07 Å². The Hall–Kier alpha value is -1.61. The Morgan fingerprint density at radius 1 is 1.15 bits per heavy atom. The maximum Gasteiger partial charge on any atom is 0.262 e.